The summed E-state index contributed by atoms with van der Waals surface area (Å²) in [5.74, 6) is 0.799. The van der Waals surface area contributed by atoms with E-state index in [0.29, 0.717) is 37.2 Å². The van der Waals surface area contributed by atoms with Crippen LogP contribution in [0.25, 0.3) is 0 Å². The van der Waals surface area contributed by atoms with Gasteiger partial charge in [-0.3, -0.25) is 9.79 Å². The summed E-state index contributed by atoms with van der Waals surface area (Å²) in [6, 6.07) is 18.5. The van der Waals surface area contributed by atoms with Crippen molar-refractivity contribution in [2.45, 2.75) is 68.6 Å². The molecule has 2 N–H and O–H groups in total. The first-order chi connectivity index (χ1) is 16.1. The second kappa shape index (κ2) is 7.92. The molecule has 0 radical (unpaired) electrons. The van der Waals surface area contributed by atoms with Crippen LogP contribution in [-0.2, 0) is 21.4 Å². The third-order valence-electron chi connectivity index (χ3n) is 7.40. The van der Waals surface area contributed by atoms with Crippen LogP contribution < -0.4 is 10.6 Å². The average molecular weight is 481 g/mol. The van der Waals surface area contributed by atoms with E-state index in [0.717, 1.165) is 11.4 Å². The molecular weight excluding hydrogens is 448 g/mol. The number of rotatable bonds is 8. The van der Waals surface area contributed by atoms with E-state index in [-0.39, 0.29) is 17.4 Å². The number of amidine groups is 1. The molecule has 7 nitrogen and oxygen atoms in total. The van der Waals surface area contributed by atoms with Gasteiger partial charge in [-0.15, -0.1) is 0 Å². The maximum atomic E-state index is 13.7. The lowest BCUT2D eigenvalue weighted by atomic mass is 9.38. The standard InChI is InChI=1S/C26H32N4O3S/c1-19(2)28-23(31)24(3)18-27-22(29-24)25-15-26(16-25,17-25)30(14-20-10-6-4-7-11-20)34(32,33)21-12-8-5-9-13-21/h4-13,19H,14-18H2,1-3H3,(H,27,29)(H,28,31)/t24-,25?,26?/m1/s1. The zero-order valence-electron chi connectivity index (χ0n) is 19.9. The maximum Gasteiger partial charge on any atom is 0.247 e. The number of benzene rings is 2. The fourth-order valence-electron chi connectivity index (χ4n) is 5.65. The maximum absolute atomic E-state index is 13.7. The number of aliphatic imine (C=N–C) groups is 1. The van der Waals surface area contributed by atoms with Crippen LogP contribution in [0.15, 0.2) is 70.6 Å². The lowest BCUT2D eigenvalue weighted by molar-refractivity contribution is -0.151. The fourth-order valence-corrected chi connectivity index (χ4v) is 7.43. The van der Waals surface area contributed by atoms with E-state index in [1.165, 1.54) is 0 Å². The molecule has 2 aromatic rings. The van der Waals surface area contributed by atoms with Crippen molar-refractivity contribution in [2.75, 3.05) is 6.54 Å². The molecule has 4 aliphatic rings. The monoisotopic (exact) mass is 480 g/mol. The van der Waals surface area contributed by atoms with E-state index in [1.807, 2.05) is 57.2 Å². The van der Waals surface area contributed by atoms with Crippen LogP contribution >= 0.6 is 0 Å². The van der Waals surface area contributed by atoms with Crippen molar-refractivity contribution in [1.29, 1.82) is 0 Å². The number of hydrogen-bond donors (Lipinski definition) is 2. The van der Waals surface area contributed by atoms with Gasteiger partial charge in [0.2, 0.25) is 15.9 Å². The van der Waals surface area contributed by atoms with Crippen molar-refractivity contribution >= 4 is 21.8 Å². The highest BCUT2D eigenvalue weighted by Gasteiger charge is 2.75. The zero-order chi connectivity index (χ0) is 24.2. The Labute approximate surface area is 201 Å². The molecule has 3 aliphatic carbocycles. The predicted molar refractivity (Wildman–Crippen MR) is 132 cm³/mol. The largest absolute Gasteiger partial charge is 0.358 e. The smallest absolute Gasteiger partial charge is 0.247 e. The number of carbonyl (C=O) groups is 1. The molecule has 1 heterocycles. The Morgan fingerprint density at radius 2 is 1.65 bits per heavy atom. The number of nitrogens with zero attached hydrogens (tertiary/aromatic N) is 2. The molecule has 0 unspecified atom stereocenters. The zero-order valence-corrected chi connectivity index (χ0v) is 20.7. The van der Waals surface area contributed by atoms with Gasteiger partial charge in [0, 0.05) is 23.5 Å². The molecule has 34 heavy (non-hydrogen) atoms. The summed E-state index contributed by atoms with van der Waals surface area (Å²) in [5, 5.41) is 6.37. The third-order valence-corrected chi connectivity index (χ3v) is 9.37. The minimum atomic E-state index is -3.67. The van der Waals surface area contributed by atoms with Gasteiger partial charge in [-0.2, -0.15) is 4.31 Å². The van der Waals surface area contributed by atoms with E-state index in [1.54, 1.807) is 28.6 Å². The van der Waals surface area contributed by atoms with Crippen LogP contribution in [-0.4, -0.2) is 48.1 Å². The Balaban J connectivity index is 1.36. The van der Waals surface area contributed by atoms with Gasteiger partial charge in [-0.25, -0.2) is 8.42 Å². The van der Waals surface area contributed by atoms with Crippen LogP contribution in [0.5, 0.6) is 0 Å². The number of hydrogen-bond acceptors (Lipinski definition) is 5. The Bertz CT molecular complexity index is 1210. The molecule has 1 amide bonds. The van der Waals surface area contributed by atoms with Gasteiger partial charge in [-0.05, 0) is 57.7 Å². The van der Waals surface area contributed by atoms with Crippen molar-refractivity contribution in [3.8, 4) is 0 Å². The summed E-state index contributed by atoms with van der Waals surface area (Å²) < 4.78 is 29.2. The summed E-state index contributed by atoms with van der Waals surface area (Å²) in [4.78, 5) is 17.7. The molecule has 1 atom stereocenters. The van der Waals surface area contributed by atoms with E-state index < -0.39 is 21.1 Å². The molecule has 0 saturated heterocycles. The minimum absolute atomic E-state index is 0.0556. The fraction of sp³-hybridized carbons (Fsp3) is 0.462. The topological polar surface area (TPSA) is 90.9 Å². The molecule has 180 valence electrons. The second-order valence-electron chi connectivity index (χ2n) is 10.6. The van der Waals surface area contributed by atoms with E-state index >= 15 is 0 Å². The first-order valence-electron chi connectivity index (χ1n) is 11.8. The minimum Gasteiger partial charge on any atom is -0.358 e. The first kappa shape index (κ1) is 23.1. The molecule has 2 aromatic carbocycles. The van der Waals surface area contributed by atoms with Crippen LogP contribution in [0.3, 0.4) is 0 Å². The van der Waals surface area contributed by atoms with Gasteiger partial charge in [0.1, 0.15) is 11.4 Å². The summed E-state index contributed by atoms with van der Waals surface area (Å²) in [6.45, 7) is 6.49. The highest BCUT2D eigenvalue weighted by Crippen LogP contribution is 2.71. The summed E-state index contributed by atoms with van der Waals surface area (Å²) >= 11 is 0. The number of sulfonamides is 1. The highest BCUT2D eigenvalue weighted by atomic mass is 32.2. The van der Waals surface area contributed by atoms with Gasteiger partial charge in [-0.1, -0.05) is 48.5 Å². The van der Waals surface area contributed by atoms with Crippen molar-refractivity contribution in [3.05, 3.63) is 66.2 Å². The quantitative estimate of drug-likeness (QED) is 0.608. The van der Waals surface area contributed by atoms with Gasteiger partial charge < -0.3 is 10.6 Å². The Hall–Kier alpha value is -2.71. The van der Waals surface area contributed by atoms with Crippen molar-refractivity contribution < 1.29 is 13.2 Å². The van der Waals surface area contributed by atoms with Gasteiger partial charge >= 0.3 is 0 Å². The number of amides is 1. The van der Waals surface area contributed by atoms with Gasteiger partial charge in [0.15, 0.2) is 0 Å². The Morgan fingerprint density at radius 1 is 1.06 bits per heavy atom. The lowest BCUT2D eigenvalue weighted by Crippen LogP contribution is -2.79. The number of carbonyl (C=O) groups excluding carboxylic acids is 1. The van der Waals surface area contributed by atoms with Crippen LogP contribution in [0.1, 0.15) is 45.6 Å². The second-order valence-corrected chi connectivity index (χ2v) is 12.5. The molecule has 6 rings (SSSR count). The normalized spacial score (nSPS) is 29.7. The SMILES string of the molecule is CC(C)NC(=O)[C@@]1(C)CN=C(C23CC(N(Cc4ccccc4)S(=O)(=O)c4ccccc4)(C2)C3)N1. The summed E-state index contributed by atoms with van der Waals surface area (Å²) in [5.41, 5.74) is -0.387. The van der Waals surface area contributed by atoms with Crippen LogP contribution in [0.4, 0.5) is 0 Å². The van der Waals surface area contributed by atoms with Crippen molar-refractivity contribution in [2.24, 2.45) is 10.4 Å². The molecular formula is C26H32N4O3S. The van der Waals surface area contributed by atoms with Crippen molar-refractivity contribution in [1.82, 2.24) is 14.9 Å². The molecule has 3 fully saturated rings. The highest BCUT2D eigenvalue weighted by molar-refractivity contribution is 7.89. The van der Waals surface area contributed by atoms with Gasteiger partial charge in [0.25, 0.3) is 0 Å². The predicted octanol–water partition coefficient (Wildman–Crippen LogP) is 3.09. The van der Waals surface area contributed by atoms with Gasteiger partial charge in [0.05, 0.1) is 11.4 Å². The first-order valence-corrected chi connectivity index (χ1v) is 13.3. The molecule has 0 aromatic heterocycles. The Kier molecular flexibility index (Phi) is 5.37. The average Bonchev–Trinajstić information content (AvgIpc) is 3.15. The van der Waals surface area contributed by atoms with E-state index in [9.17, 15) is 13.2 Å². The van der Waals surface area contributed by atoms with Crippen LogP contribution in [0, 0.1) is 5.41 Å². The number of nitrogens with one attached hydrogen (secondary N) is 2. The summed E-state index contributed by atoms with van der Waals surface area (Å²) in [6.07, 6.45) is 2.14. The molecule has 1 aliphatic heterocycles. The van der Waals surface area contributed by atoms with Crippen LogP contribution in [0.2, 0.25) is 0 Å². The van der Waals surface area contributed by atoms with E-state index in [4.69, 9.17) is 4.99 Å². The van der Waals surface area contributed by atoms with Crippen molar-refractivity contribution in [3.63, 3.8) is 0 Å². The Morgan fingerprint density at radius 3 is 2.24 bits per heavy atom. The molecule has 3 saturated carbocycles. The van der Waals surface area contributed by atoms with E-state index in [2.05, 4.69) is 10.6 Å². The molecule has 2 bridgehead atoms. The third kappa shape index (κ3) is 3.64. The lowest BCUT2D eigenvalue weighted by Gasteiger charge is -2.73. The molecule has 0 spiro atoms. The summed E-state index contributed by atoms with van der Waals surface area (Å²) in [7, 11) is -3.67. The molecule has 8 heteroatoms.